The Hall–Kier alpha value is -1.11. The van der Waals surface area contributed by atoms with Gasteiger partial charge >= 0.3 is 0 Å². The minimum atomic E-state index is 0.0804. The van der Waals surface area contributed by atoms with Gasteiger partial charge in [-0.3, -0.25) is 14.4 Å². The van der Waals surface area contributed by atoms with E-state index >= 15 is 0 Å². The summed E-state index contributed by atoms with van der Waals surface area (Å²) in [5.74, 6) is 0.597. The molecule has 23 heavy (non-hydrogen) atoms. The molecule has 1 amide bonds. The molecular formula is C16H25ClN4O2. The van der Waals surface area contributed by atoms with Gasteiger partial charge in [0.1, 0.15) is 6.54 Å². The second-order valence-corrected chi connectivity index (χ2v) is 7.18. The zero-order chi connectivity index (χ0) is 16.4. The van der Waals surface area contributed by atoms with Crippen molar-refractivity contribution in [3.05, 3.63) is 17.4 Å². The Morgan fingerprint density at radius 1 is 1.43 bits per heavy atom. The van der Waals surface area contributed by atoms with Crippen LogP contribution in [0.25, 0.3) is 0 Å². The molecule has 0 spiro atoms. The number of halogens is 1. The van der Waals surface area contributed by atoms with Crippen molar-refractivity contribution < 1.29 is 9.53 Å². The first-order valence-corrected chi connectivity index (χ1v) is 8.72. The van der Waals surface area contributed by atoms with E-state index in [0.717, 1.165) is 32.7 Å². The number of aromatic nitrogens is 2. The number of hydrogen-bond donors (Lipinski definition) is 0. The number of ether oxygens (including phenoxy) is 1. The summed E-state index contributed by atoms with van der Waals surface area (Å²) in [6.45, 7) is 8.97. The van der Waals surface area contributed by atoms with Crippen LogP contribution in [-0.2, 0) is 16.1 Å². The first kappa shape index (κ1) is 16.7. The van der Waals surface area contributed by atoms with Crippen molar-refractivity contribution in [2.45, 2.75) is 39.0 Å². The van der Waals surface area contributed by atoms with Gasteiger partial charge in [-0.15, -0.1) is 0 Å². The summed E-state index contributed by atoms with van der Waals surface area (Å²) < 4.78 is 7.63. The third kappa shape index (κ3) is 4.05. The Bertz CT molecular complexity index is 548. The van der Waals surface area contributed by atoms with E-state index < -0.39 is 0 Å². The van der Waals surface area contributed by atoms with Gasteiger partial charge in [0.2, 0.25) is 5.91 Å². The van der Waals surface area contributed by atoms with E-state index in [4.69, 9.17) is 16.3 Å². The van der Waals surface area contributed by atoms with Gasteiger partial charge in [0.15, 0.2) is 0 Å². The maximum Gasteiger partial charge on any atom is 0.244 e. The van der Waals surface area contributed by atoms with Gasteiger partial charge in [0.05, 0.1) is 23.9 Å². The summed E-state index contributed by atoms with van der Waals surface area (Å²) >= 11 is 5.85. The predicted octanol–water partition coefficient (Wildman–Crippen LogP) is 1.49. The van der Waals surface area contributed by atoms with Crippen LogP contribution in [0.4, 0.5) is 0 Å². The molecule has 6 nitrogen and oxygen atoms in total. The third-order valence-corrected chi connectivity index (χ3v) is 5.05. The zero-order valence-electron chi connectivity index (χ0n) is 13.8. The van der Waals surface area contributed by atoms with Crippen LogP contribution in [0, 0.1) is 5.92 Å². The SMILES string of the molecule is CC(C)N1CCOC2CN(C(=O)Cn3cc(Cl)cn3)CCC2C1. The highest BCUT2D eigenvalue weighted by molar-refractivity contribution is 6.30. The number of nitrogens with zero attached hydrogens (tertiary/aromatic N) is 4. The number of carbonyl (C=O) groups is 1. The molecule has 0 N–H and O–H groups in total. The quantitative estimate of drug-likeness (QED) is 0.836. The topological polar surface area (TPSA) is 50.6 Å². The van der Waals surface area contributed by atoms with Crippen molar-refractivity contribution in [3.8, 4) is 0 Å². The first-order valence-electron chi connectivity index (χ1n) is 8.34. The molecule has 0 saturated carbocycles. The molecule has 2 aliphatic heterocycles. The standard InChI is InChI=1S/C16H25ClN4O2/c1-12(2)19-5-6-23-15-10-20(4-3-13(15)8-19)16(22)11-21-9-14(17)7-18-21/h7,9,12-13,15H,3-6,8,10-11H2,1-2H3. The average Bonchev–Trinajstić information content (AvgIpc) is 2.81. The van der Waals surface area contributed by atoms with Gasteiger partial charge in [-0.05, 0) is 20.3 Å². The van der Waals surface area contributed by atoms with Crippen LogP contribution in [0.1, 0.15) is 20.3 Å². The summed E-state index contributed by atoms with van der Waals surface area (Å²) in [6.07, 6.45) is 4.38. The molecule has 2 saturated heterocycles. The third-order valence-electron chi connectivity index (χ3n) is 4.86. The number of piperidine rings is 1. The second kappa shape index (κ2) is 7.20. The maximum absolute atomic E-state index is 12.5. The van der Waals surface area contributed by atoms with E-state index in [1.807, 2.05) is 4.90 Å². The Morgan fingerprint density at radius 3 is 2.96 bits per heavy atom. The molecule has 1 aromatic heterocycles. The minimum absolute atomic E-state index is 0.0804. The maximum atomic E-state index is 12.5. The van der Waals surface area contributed by atoms with E-state index in [9.17, 15) is 4.79 Å². The van der Waals surface area contributed by atoms with Crippen LogP contribution >= 0.6 is 11.6 Å². The number of likely N-dealkylation sites (tertiary alicyclic amines) is 1. The summed E-state index contributed by atoms with van der Waals surface area (Å²) in [6, 6.07) is 0.543. The summed E-state index contributed by atoms with van der Waals surface area (Å²) in [7, 11) is 0. The molecule has 0 radical (unpaired) electrons. The van der Waals surface area contributed by atoms with Crippen LogP contribution in [-0.4, -0.2) is 70.4 Å². The summed E-state index contributed by atoms with van der Waals surface area (Å²) in [4.78, 5) is 16.9. The fourth-order valence-corrected chi connectivity index (χ4v) is 3.59. The molecule has 2 aliphatic rings. The monoisotopic (exact) mass is 340 g/mol. The van der Waals surface area contributed by atoms with Crippen molar-refractivity contribution in [1.29, 1.82) is 0 Å². The molecule has 0 aliphatic carbocycles. The predicted molar refractivity (Wildman–Crippen MR) is 88.4 cm³/mol. The number of carbonyl (C=O) groups excluding carboxylic acids is 1. The zero-order valence-corrected chi connectivity index (χ0v) is 14.6. The number of fused-ring (bicyclic) bond motifs is 1. The van der Waals surface area contributed by atoms with Gasteiger partial charge < -0.3 is 9.64 Å². The van der Waals surface area contributed by atoms with Gasteiger partial charge in [-0.25, -0.2) is 0 Å². The van der Waals surface area contributed by atoms with Crippen LogP contribution < -0.4 is 0 Å². The van der Waals surface area contributed by atoms with Crippen molar-refractivity contribution in [2.24, 2.45) is 5.92 Å². The van der Waals surface area contributed by atoms with E-state index in [2.05, 4.69) is 23.8 Å². The molecular weight excluding hydrogens is 316 g/mol. The lowest BCUT2D eigenvalue weighted by atomic mass is 9.93. The van der Waals surface area contributed by atoms with E-state index in [1.54, 1.807) is 17.1 Å². The second-order valence-electron chi connectivity index (χ2n) is 6.74. The molecule has 0 aromatic carbocycles. The highest BCUT2D eigenvalue weighted by Crippen LogP contribution is 2.25. The smallest absolute Gasteiger partial charge is 0.244 e. The normalized spacial score (nSPS) is 26.2. The van der Waals surface area contributed by atoms with Crippen LogP contribution in [0.2, 0.25) is 5.02 Å². The fraction of sp³-hybridized carbons (Fsp3) is 0.750. The van der Waals surface area contributed by atoms with E-state index in [-0.39, 0.29) is 18.6 Å². The number of rotatable bonds is 3. The fourth-order valence-electron chi connectivity index (χ4n) is 3.44. The molecule has 2 fully saturated rings. The van der Waals surface area contributed by atoms with Gasteiger partial charge in [0, 0.05) is 44.3 Å². The van der Waals surface area contributed by atoms with Crippen LogP contribution in [0.15, 0.2) is 12.4 Å². The van der Waals surface area contributed by atoms with Crippen LogP contribution in [0.5, 0.6) is 0 Å². The largest absolute Gasteiger partial charge is 0.375 e. The first-order chi connectivity index (χ1) is 11.0. The van der Waals surface area contributed by atoms with E-state index in [0.29, 0.717) is 23.5 Å². The van der Waals surface area contributed by atoms with Crippen molar-refractivity contribution in [1.82, 2.24) is 19.6 Å². The molecule has 0 bridgehead atoms. The molecule has 2 unspecified atom stereocenters. The van der Waals surface area contributed by atoms with Gasteiger partial charge in [-0.2, -0.15) is 5.10 Å². The molecule has 3 heterocycles. The lowest BCUT2D eigenvalue weighted by molar-refractivity contribution is -0.137. The summed E-state index contributed by atoms with van der Waals surface area (Å²) in [5.41, 5.74) is 0. The number of hydrogen-bond acceptors (Lipinski definition) is 4. The molecule has 3 rings (SSSR count). The average molecular weight is 341 g/mol. The Kier molecular flexibility index (Phi) is 5.24. The highest BCUT2D eigenvalue weighted by Gasteiger charge is 2.35. The van der Waals surface area contributed by atoms with Crippen molar-refractivity contribution in [2.75, 3.05) is 32.8 Å². The van der Waals surface area contributed by atoms with Gasteiger partial charge in [0.25, 0.3) is 0 Å². The Balaban J connectivity index is 1.58. The Labute approximate surface area is 142 Å². The lowest BCUT2D eigenvalue weighted by Crippen LogP contribution is -2.50. The van der Waals surface area contributed by atoms with Gasteiger partial charge in [-0.1, -0.05) is 11.6 Å². The Morgan fingerprint density at radius 2 is 2.26 bits per heavy atom. The molecule has 2 atom stereocenters. The van der Waals surface area contributed by atoms with Crippen LogP contribution in [0.3, 0.4) is 0 Å². The minimum Gasteiger partial charge on any atom is -0.375 e. The van der Waals surface area contributed by atoms with Crippen molar-refractivity contribution >= 4 is 17.5 Å². The molecule has 7 heteroatoms. The highest BCUT2D eigenvalue weighted by atomic mass is 35.5. The summed E-state index contributed by atoms with van der Waals surface area (Å²) in [5, 5.41) is 4.63. The molecule has 128 valence electrons. The van der Waals surface area contributed by atoms with E-state index in [1.165, 1.54) is 0 Å². The van der Waals surface area contributed by atoms with Crippen molar-refractivity contribution in [3.63, 3.8) is 0 Å². The lowest BCUT2D eigenvalue weighted by Gasteiger charge is -2.38. The molecule has 1 aromatic rings. The number of amides is 1.